The number of phenols is 1. The Labute approximate surface area is 253 Å². The highest BCUT2D eigenvalue weighted by Crippen LogP contribution is 2.36. The number of carbonyl (C=O) groups excluding carboxylic acids is 1. The molecule has 3 aliphatic rings. The number of likely N-dealkylation sites (tertiary alicyclic amines) is 1. The average molecular weight is 587 g/mol. The van der Waals surface area contributed by atoms with Gasteiger partial charge in [-0.15, -0.1) is 0 Å². The first-order valence-corrected chi connectivity index (χ1v) is 15.4. The van der Waals surface area contributed by atoms with Gasteiger partial charge in [0.15, 0.2) is 0 Å². The molecule has 1 amide bonds. The van der Waals surface area contributed by atoms with E-state index in [-0.39, 0.29) is 23.9 Å². The maximum Gasteiger partial charge on any atom is 0.318 e. The number of nitrogens with zero attached hydrogens (tertiary/aromatic N) is 6. The van der Waals surface area contributed by atoms with E-state index in [1.165, 1.54) is 6.08 Å². The van der Waals surface area contributed by atoms with E-state index in [4.69, 9.17) is 19.4 Å². The fourth-order valence-electron chi connectivity index (χ4n) is 6.55. The van der Waals surface area contributed by atoms with Crippen molar-refractivity contribution in [2.45, 2.75) is 44.9 Å². The Balaban J connectivity index is 1.30. The molecule has 228 valence electrons. The molecule has 10 nitrogen and oxygen atoms in total. The molecule has 1 N–H and O–H groups in total. The van der Waals surface area contributed by atoms with E-state index in [1.54, 1.807) is 13.2 Å². The summed E-state index contributed by atoms with van der Waals surface area (Å²) in [6.07, 6.45) is 4.26. The number of phenolic OH excluding ortho intramolecular Hbond substituents is 1. The van der Waals surface area contributed by atoms with Gasteiger partial charge in [-0.3, -0.25) is 9.69 Å². The van der Waals surface area contributed by atoms with E-state index < -0.39 is 0 Å². The first-order chi connectivity index (χ1) is 20.9. The van der Waals surface area contributed by atoms with Crippen molar-refractivity contribution in [3.63, 3.8) is 0 Å². The zero-order chi connectivity index (χ0) is 29.9. The zero-order valence-electron chi connectivity index (χ0n) is 25.2. The topological polar surface area (TPSA) is 94.5 Å². The lowest BCUT2D eigenvalue weighted by Crippen LogP contribution is -2.49. The van der Waals surface area contributed by atoms with Crippen molar-refractivity contribution in [2.24, 2.45) is 0 Å². The van der Waals surface area contributed by atoms with Gasteiger partial charge in [0.25, 0.3) is 0 Å². The van der Waals surface area contributed by atoms with Gasteiger partial charge in [0.2, 0.25) is 5.91 Å². The summed E-state index contributed by atoms with van der Waals surface area (Å²) in [6, 6.07) is 12.2. The van der Waals surface area contributed by atoms with Crippen molar-refractivity contribution in [1.82, 2.24) is 19.8 Å². The Kier molecular flexibility index (Phi) is 8.67. The van der Waals surface area contributed by atoms with Gasteiger partial charge >= 0.3 is 6.01 Å². The quantitative estimate of drug-likeness (QED) is 0.378. The molecule has 0 radical (unpaired) electrons. The smallest absolute Gasteiger partial charge is 0.318 e. The number of carbonyl (C=O) groups is 1. The van der Waals surface area contributed by atoms with E-state index in [2.05, 4.69) is 34.3 Å². The summed E-state index contributed by atoms with van der Waals surface area (Å²) in [5, 5.41) is 12.6. The lowest BCUT2D eigenvalue weighted by molar-refractivity contribution is -0.126. The number of anilines is 2. The van der Waals surface area contributed by atoms with Crippen LogP contribution in [0.4, 0.5) is 11.5 Å². The summed E-state index contributed by atoms with van der Waals surface area (Å²) >= 11 is 0. The van der Waals surface area contributed by atoms with Crippen molar-refractivity contribution >= 4 is 28.2 Å². The molecule has 0 bridgehead atoms. The summed E-state index contributed by atoms with van der Waals surface area (Å²) in [5.74, 6) is 1.12. The number of aromatic nitrogens is 2. The Bertz CT molecular complexity index is 1470. The molecule has 0 aliphatic carbocycles. The number of fused-ring (bicyclic) bond motifs is 2. The summed E-state index contributed by atoms with van der Waals surface area (Å²) in [5.41, 5.74) is 3.07. The molecule has 0 unspecified atom stereocenters. The molecule has 2 fully saturated rings. The predicted molar refractivity (Wildman–Crippen MR) is 168 cm³/mol. The van der Waals surface area contributed by atoms with Gasteiger partial charge in [0, 0.05) is 82.2 Å². The molecule has 4 heterocycles. The molecular formula is C33H42N6O4. The third kappa shape index (κ3) is 6.26. The summed E-state index contributed by atoms with van der Waals surface area (Å²) in [4.78, 5) is 31.0. The number of aromatic hydroxyl groups is 1. The van der Waals surface area contributed by atoms with Gasteiger partial charge in [-0.05, 0) is 36.8 Å². The zero-order valence-corrected chi connectivity index (χ0v) is 25.2. The van der Waals surface area contributed by atoms with Gasteiger partial charge in [0.1, 0.15) is 17.7 Å². The minimum Gasteiger partial charge on any atom is -0.508 e. The number of hydrogen-bond acceptors (Lipinski definition) is 9. The summed E-state index contributed by atoms with van der Waals surface area (Å²) in [7, 11) is 1.78. The highest BCUT2D eigenvalue weighted by atomic mass is 16.5. The minimum absolute atomic E-state index is 0.0363. The standard InChI is InChI=1S/C33H42N6O4/c1-4-25(20-36-12-10-26(21-36)42-3)43-33-34-29-22-39(30-19-24(40)18-23-8-6-7-9-27(23)30)13-11-28(29)32(35-33)38-16-14-37(15-17-38)31(41)5-2/h5-9,18-19,25-26,40H,2,4,10-17,20-22H2,1,3H3/t25-,26+/m1/s1. The maximum atomic E-state index is 12.2. The number of ether oxygens (including phenoxy) is 2. The monoisotopic (exact) mass is 586 g/mol. The number of hydrogen-bond donors (Lipinski definition) is 1. The molecule has 6 rings (SSSR count). The molecule has 10 heteroatoms. The van der Waals surface area contributed by atoms with Crippen LogP contribution in [-0.2, 0) is 22.5 Å². The SMILES string of the molecule is C=CC(=O)N1CCN(c2nc(O[C@H](CC)CN3CC[C@H](OC)C3)nc3c2CCN(c2cc(O)cc4ccccc24)C3)CC1. The molecule has 3 aliphatic heterocycles. The van der Waals surface area contributed by atoms with Crippen LogP contribution in [0.15, 0.2) is 49.1 Å². The first kappa shape index (κ1) is 29.2. The lowest BCUT2D eigenvalue weighted by Gasteiger charge is -2.38. The van der Waals surface area contributed by atoms with E-state index in [1.807, 2.05) is 29.2 Å². The molecule has 43 heavy (non-hydrogen) atoms. The van der Waals surface area contributed by atoms with Gasteiger partial charge < -0.3 is 29.3 Å². The Morgan fingerprint density at radius 3 is 2.67 bits per heavy atom. The molecule has 2 aromatic carbocycles. The van der Waals surface area contributed by atoms with E-state index in [0.29, 0.717) is 38.7 Å². The van der Waals surface area contributed by atoms with Gasteiger partial charge in [-0.2, -0.15) is 9.97 Å². The van der Waals surface area contributed by atoms with Crippen LogP contribution in [0, 0.1) is 0 Å². The van der Waals surface area contributed by atoms with E-state index in [0.717, 1.165) is 79.0 Å². The fourth-order valence-corrected chi connectivity index (χ4v) is 6.55. The second kappa shape index (κ2) is 12.8. The second-order valence-corrected chi connectivity index (χ2v) is 11.7. The number of amides is 1. The Hall–Kier alpha value is -3.89. The molecule has 0 spiro atoms. The number of piperazine rings is 1. The van der Waals surface area contributed by atoms with Crippen LogP contribution in [0.3, 0.4) is 0 Å². The van der Waals surface area contributed by atoms with E-state index in [9.17, 15) is 9.90 Å². The van der Waals surface area contributed by atoms with E-state index >= 15 is 0 Å². The van der Waals surface area contributed by atoms with Crippen molar-refractivity contribution in [3.8, 4) is 11.8 Å². The molecule has 1 aromatic heterocycles. The molecule has 0 saturated carbocycles. The third-order valence-electron chi connectivity index (χ3n) is 9.01. The fraction of sp³-hybridized carbons (Fsp3) is 0.485. The number of rotatable bonds is 9. The van der Waals surface area contributed by atoms with Gasteiger partial charge in [0.05, 0.1) is 18.3 Å². The van der Waals surface area contributed by atoms with Crippen molar-refractivity contribution in [3.05, 3.63) is 60.3 Å². The van der Waals surface area contributed by atoms with Crippen LogP contribution in [0.2, 0.25) is 0 Å². The van der Waals surface area contributed by atoms with Crippen LogP contribution >= 0.6 is 0 Å². The summed E-state index contributed by atoms with van der Waals surface area (Å²) < 4.78 is 12.1. The van der Waals surface area contributed by atoms with Crippen LogP contribution < -0.4 is 14.5 Å². The molecule has 2 atom stereocenters. The predicted octanol–water partition coefficient (Wildman–Crippen LogP) is 3.61. The molecule has 2 saturated heterocycles. The van der Waals surface area contributed by atoms with Crippen molar-refractivity contribution in [2.75, 3.05) is 69.3 Å². The normalized spacial score (nSPS) is 19.9. The number of methoxy groups -OCH3 is 1. The lowest BCUT2D eigenvalue weighted by atomic mass is 10.0. The van der Waals surface area contributed by atoms with Crippen molar-refractivity contribution < 1.29 is 19.4 Å². The Morgan fingerprint density at radius 2 is 1.93 bits per heavy atom. The molecule has 3 aromatic rings. The minimum atomic E-state index is -0.0433. The highest BCUT2D eigenvalue weighted by Gasteiger charge is 2.30. The third-order valence-corrected chi connectivity index (χ3v) is 9.01. The number of benzene rings is 2. The van der Waals surface area contributed by atoms with Crippen LogP contribution in [0.25, 0.3) is 10.8 Å². The van der Waals surface area contributed by atoms with Crippen molar-refractivity contribution in [1.29, 1.82) is 0 Å². The Morgan fingerprint density at radius 1 is 1.12 bits per heavy atom. The second-order valence-electron chi connectivity index (χ2n) is 11.7. The highest BCUT2D eigenvalue weighted by molar-refractivity contribution is 5.95. The van der Waals surface area contributed by atoms with Gasteiger partial charge in [-0.1, -0.05) is 37.8 Å². The first-order valence-electron chi connectivity index (χ1n) is 15.4. The van der Waals surface area contributed by atoms with Crippen LogP contribution in [0.5, 0.6) is 11.8 Å². The maximum absolute atomic E-state index is 12.2. The van der Waals surface area contributed by atoms with Gasteiger partial charge in [-0.25, -0.2) is 0 Å². The average Bonchev–Trinajstić information content (AvgIpc) is 3.50. The largest absolute Gasteiger partial charge is 0.508 e. The summed E-state index contributed by atoms with van der Waals surface area (Å²) in [6.45, 7) is 12.5. The van der Waals surface area contributed by atoms with Crippen LogP contribution in [0.1, 0.15) is 31.0 Å². The van der Waals surface area contributed by atoms with Crippen LogP contribution in [-0.4, -0.2) is 102 Å². The molecular weight excluding hydrogens is 544 g/mol.